The molecule has 1 aliphatic carbocycles. The Morgan fingerprint density at radius 1 is 1.23 bits per heavy atom. The largest absolute Gasteiger partial charge is 0.507 e. The van der Waals surface area contributed by atoms with E-state index < -0.39 is 0 Å². The molecule has 2 aliphatic rings. The lowest BCUT2D eigenvalue weighted by Crippen LogP contribution is -2.49. The van der Waals surface area contributed by atoms with Gasteiger partial charge in [-0.25, -0.2) is 0 Å². The maximum absolute atomic E-state index is 12.8. The Bertz CT molecular complexity index is 576. The first-order valence-corrected chi connectivity index (χ1v) is 8.08. The van der Waals surface area contributed by atoms with Crippen LogP contribution in [0.15, 0.2) is 29.8 Å². The zero-order valence-electron chi connectivity index (χ0n) is 12.4. The molecule has 3 rings (SSSR count). The highest BCUT2D eigenvalue weighted by atomic mass is 35.5. The third kappa shape index (κ3) is 3.19. The molecule has 22 heavy (non-hydrogen) atoms. The van der Waals surface area contributed by atoms with Gasteiger partial charge in [0.05, 0.1) is 19.3 Å². The fourth-order valence-corrected chi connectivity index (χ4v) is 3.31. The number of aliphatic hydroxyl groups excluding tert-OH is 1. The van der Waals surface area contributed by atoms with E-state index in [-0.39, 0.29) is 17.6 Å². The standard InChI is InChI=1S/C17H20ClNO3/c18-13-6-4-12(5-7-13)16(20)14-2-1-3-15(17(14)21)19-8-10-22-11-9-19/h4-7,15,20H,1-3,8-11H2/t15-/m1/s1. The predicted molar refractivity (Wildman–Crippen MR) is 86.0 cm³/mol. The topological polar surface area (TPSA) is 49.8 Å². The number of hydrogen-bond donors (Lipinski definition) is 1. The van der Waals surface area contributed by atoms with Crippen LogP contribution < -0.4 is 0 Å². The normalized spacial score (nSPS) is 26.0. The van der Waals surface area contributed by atoms with Crippen LogP contribution in [0.2, 0.25) is 5.02 Å². The van der Waals surface area contributed by atoms with Crippen molar-refractivity contribution in [3.05, 3.63) is 40.4 Å². The second kappa shape index (κ2) is 6.82. The smallest absolute Gasteiger partial charge is 0.179 e. The predicted octanol–water partition coefficient (Wildman–Crippen LogP) is 3.06. The maximum atomic E-state index is 12.8. The van der Waals surface area contributed by atoms with E-state index in [0.29, 0.717) is 35.8 Å². The number of nitrogens with zero attached hydrogens (tertiary/aromatic N) is 1. The van der Waals surface area contributed by atoms with Gasteiger partial charge in [-0.05, 0) is 43.5 Å². The number of ketones is 1. The molecule has 0 bridgehead atoms. The van der Waals surface area contributed by atoms with Crippen LogP contribution in [0.1, 0.15) is 24.8 Å². The van der Waals surface area contributed by atoms with Crippen molar-refractivity contribution in [2.45, 2.75) is 25.3 Å². The quantitative estimate of drug-likeness (QED) is 0.672. The molecule has 1 heterocycles. The molecule has 1 aliphatic heterocycles. The minimum Gasteiger partial charge on any atom is -0.507 e. The average Bonchev–Trinajstić information content (AvgIpc) is 2.56. The summed E-state index contributed by atoms with van der Waals surface area (Å²) < 4.78 is 5.35. The first-order chi connectivity index (χ1) is 10.7. The number of carbonyl (C=O) groups excluding carboxylic acids is 1. The average molecular weight is 322 g/mol. The molecular weight excluding hydrogens is 302 g/mol. The molecule has 4 nitrogen and oxygen atoms in total. The first kappa shape index (κ1) is 15.5. The summed E-state index contributed by atoms with van der Waals surface area (Å²) in [5.41, 5.74) is 1.19. The lowest BCUT2D eigenvalue weighted by molar-refractivity contribution is -0.123. The number of morpholine rings is 1. The van der Waals surface area contributed by atoms with Crippen LogP contribution in [-0.4, -0.2) is 48.1 Å². The maximum Gasteiger partial charge on any atom is 0.179 e. The molecule has 0 spiro atoms. The third-order valence-corrected chi connectivity index (χ3v) is 4.65. The third-order valence-electron chi connectivity index (χ3n) is 4.39. The summed E-state index contributed by atoms with van der Waals surface area (Å²) in [4.78, 5) is 15.0. The summed E-state index contributed by atoms with van der Waals surface area (Å²) in [6.07, 6.45) is 2.41. The van der Waals surface area contributed by atoms with Gasteiger partial charge in [-0.2, -0.15) is 0 Å². The van der Waals surface area contributed by atoms with E-state index in [1.807, 2.05) is 0 Å². The minimum absolute atomic E-state index is 0.0561. The Hall–Kier alpha value is -1.36. The van der Waals surface area contributed by atoms with E-state index in [9.17, 15) is 9.90 Å². The Balaban J connectivity index is 1.84. The number of halogens is 1. The van der Waals surface area contributed by atoms with Crippen LogP contribution in [0.3, 0.4) is 0 Å². The van der Waals surface area contributed by atoms with Gasteiger partial charge >= 0.3 is 0 Å². The lowest BCUT2D eigenvalue weighted by atomic mass is 9.86. The van der Waals surface area contributed by atoms with Gasteiger partial charge < -0.3 is 9.84 Å². The summed E-state index contributed by atoms with van der Waals surface area (Å²) in [6.45, 7) is 2.91. The summed E-state index contributed by atoms with van der Waals surface area (Å²) in [5.74, 6) is 0.153. The Labute approximate surface area is 135 Å². The molecule has 118 valence electrons. The van der Waals surface area contributed by atoms with E-state index >= 15 is 0 Å². The monoisotopic (exact) mass is 321 g/mol. The number of ether oxygens (including phenoxy) is 1. The van der Waals surface area contributed by atoms with Gasteiger partial charge in [0.1, 0.15) is 5.76 Å². The Kier molecular flexibility index (Phi) is 4.81. The van der Waals surface area contributed by atoms with Crippen molar-refractivity contribution in [1.82, 2.24) is 4.90 Å². The van der Waals surface area contributed by atoms with Gasteiger partial charge in [-0.15, -0.1) is 0 Å². The molecule has 2 fully saturated rings. The second-order valence-electron chi connectivity index (χ2n) is 5.75. The molecule has 0 amide bonds. The van der Waals surface area contributed by atoms with Crippen molar-refractivity contribution >= 4 is 23.1 Å². The Morgan fingerprint density at radius 3 is 2.59 bits per heavy atom. The van der Waals surface area contributed by atoms with Gasteiger partial charge in [0.2, 0.25) is 0 Å². The van der Waals surface area contributed by atoms with Crippen LogP contribution in [0, 0.1) is 0 Å². The van der Waals surface area contributed by atoms with Gasteiger partial charge in [-0.1, -0.05) is 11.6 Å². The van der Waals surface area contributed by atoms with Crippen LogP contribution in [0.4, 0.5) is 0 Å². The number of carbonyl (C=O) groups is 1. The molecule has 0 aromatic heterocycles. The number of benzene rings is 1. The van der Waals surface area contributed by atoms with Crippen molar-refractivity contribution in [2.75, 3.05) is 26.3 Å². The van der Waals surface area contributed by atoms with Crippen molar-refractivity contribution in [3.63, 3.8) is 0 Å². The highest BCUT2D eigenvalue weighted by Gasteiger charge is 2.34. The van der Waals surface area contributed by atoms with Gasteiger partial charge in [0.15, 0.2) is 5.78 Å². The lowest BCUT2D eigenvalue weighted by Gasteiger charge is -2.36. The fraction of sp³-hybridized carbons (Fsp3) is 0.471. The molecule has 1 N–H and O–H groups in total. The van der Waals surface area contributed by atoms with Gasteiger partial charge in [-0.3, -0.25) is 9.69 Å². The molecule has 1 atom stereocenters. The van der Waals surface area contributed by atoms with Crippen molar-refractivity contribution in [2.24, 2.45) is 0 Å². The van der Waals surface area contributed by atoms with Gasteiger partial charge in [0.25, 0.3) is 0 Å². The number of rotatable bonds is 2. The van der Waals surface area contributed by atoms with Crippen LogP contribution in [-0.2, 0) is 9.53 Å². The molecule has 1 saturated carbocycles. The first-order valence-electron chi connectivity index (χ1n) is 7.71. The van der Waals surface area contributed by atoms with Crippen molar-refractivity contribution in [3.8, 4) is 0 Å². The van der Waals surface area contributed by atoms with E-state index in [1.54, 1.807) is 24.3 Å². The molecule has 0 radical (unpaired) electrons. The zero-order chi connectivity index (χ0) is 15.5. The van der Waals surface area contributed by atoms with E-state index in [4.69, 9.17) is 16.3 Å². The molecule has 1 aromatic carbocycles. The van der Waals surface area contributed by atoms with Crippen LogP contribution in [0.5, 0.6) is 0 Å². The summed E-state index contributed by atoms with van der Waals surface area (Å²) >= 11 is 5.87. The number of hydrogen-bond acceptors (Lipinski definition) is 4. The number of Topliss-reactive ketones (excluding diaryl/α,β-unsaturated/α-hetero) is 1. The van der Waals surface area contributed by atoms with E-state index in [2.05, 4.69) is 4.90 Å². The highest BCUT2D eigenvalue weighted by molar-refractivity contribution is 6.30. The van der Waals surface area contributed by atoms with Crippen molar-refractivity contribution in [1.29, 1.82) is 0 Å². The SMILES string of the molecule is O=C1C(=C(O)c2ccc(Cl)cc2)CCC[C@H]1N1CCOCC1. The number of aliphatic hydroxyl groups is 1. The molecule has 0 unspecified atom stereocenters. The molecule has 1 aromatic rings. The zero-order valence-corrected chi connectivity index (χ0v) is 13.2. The van der Waals surface area contributed by atoms with Crippen LogP contribution in [0.25, 0.3) is 5.76 Å². The fourth-order valence-electron chi connectivity index (χ4n) is 3.18. The molecular formula is C17H20ClNO3. The summed E-state index contributed by atoms with van der Waals surface area (Å²) in [6, 6.07) is 6.81. The van der Waals surface area contributed by atoms with E-state index in [0.717, 1.165) is 25.9 Å². The molecule has 5 heteroatoms. The van der Waals surface area contributed by atoms with Gasteiger partial charge in [0, 0.05) is 29.2 Å². The highest BCUT2D eigenvalue weighted by Crippen LogP contribution is 2.30. The minimum atomic E-state index is -0.123. The van der Waals surface area contributed by atoms with Crippen LogP contribution >= 0.6 is 11.6 Å². The second-order valence-corrected chi connectivity index (χ2v) is 6.19. The Morgan fingerprint density at radius 2 is 1.91 bits per heavy atom. The van der Waals surface area contributed by atoms with Crippen molar-refractivity contribution < 1.29 is 14.6 Å². The summed E-state index contributed by atoms with van der Waals surface area (Å²) in [7, 11) is 0. The summed E-state index contributed by atoms with van der Waals surface area (Å²) in [5, 5.41) is 11.1. The van der Waals surface area contributed by atoms with E-state index in [1.165, 1.54) is 0 Å². The molecule has 1 saturated heterocycles.